The first kappa shape index (κ1) is 21.5. The fourth-order valence-corrected chi connectivity index (χ4v) is 5.26. The molecule has 2 aromatic rings. The summed E-state index contributed by atoms with van der Waals surface area (Å²) in [6.07, 6.45) is 1.12. The van der Waals surface area contributed by atoms with Gasteiger partial charge in [-0.3, -0.25) is 4.79 Å². The van der Waals surface area contributed by atoms with Gasteiger partial charge in [0.15, 0.2) is 5.78 Å². The summed E-state index contributed by atoms with van der Waals surface area (Å²) in [5.41, 5.74) is 5.99. The van der Waals surface area contributed by atoms with Crippen molar-refractivity contribution in [3.8, 4) is 0 Å². The molecule has 0 spiro atoms. The lowest BCUT2D eigenvalue weighted by molar-refractivity contribution is 0.0696. The summed E-state index contributed by atoms with van der Waals surface area (Å²) in [7, 11) is 0. The molecule has 1 aliphatic carbocycles. The van der Waals surface area contributed by atoms with Crippen LogP contribution in [0.1, 0.15) is 75.1 Å². The Morgan fingerprint density at radius 2 is 1.83 bits per heavy atom. The number of piperidine rings is 1. The maximum absolute atomic E-state index is 12.1. The fourth-order valence-electron chi connectivity index (χ4n) is 5.26. The number of hydrogen-bond acceptors (Lipinski definition) is 3. The van der Waals surface area contributed by atoms with Crippen LogP contribution in [0.3, 0.4) is 0 Å². The number of halogens is 1. The Balaban J connectivity index is 0.00000240. The molecule has 1 aliphatic heterocycles. The first-order valence-electron chi connectivity index (χ1n) is 10.1. The van der Waals surface area contributed by atoms with Gasteiger partial charge >= 0.3 is 5.97 Å². The molecule has 1 saturated heterocycles. The molecule has 0 saturated carbocycles. The second-order valence-corrected chi connectivity index (χ2v) is 8.21. The molecule has 154 valence electrons. The molecule has 4 nitrogen and oxygen atoms in total. The molecule has 0 radical (unpaired) electrons. The van der Waals surface area contributed by atoms with E-state index in [9.17, 15) is 14.7 Å². The first-order valence-corrected chi connectivity index (χ1v) is 10.1. The van der Waals surface area contributed by atoms with Crippen molar-refractivity contribution in [2.75, 3.05) is 19.6 Å². The third kappa shape index (κ3) is 3.72. The molecule has 0 bridgehead atoms. The zero-order chi connectivity index (χ0) is 20.0. The summed E-state index contributed by atoms with van der Waals surface area (Å²) in [5, 5.41) is 9.22. The fraction of sp³-hybridized carbons (Fsp3) is 0.417. The molecular weight excluding hydrogens is 386 g/mol. The van der Waals surface area contributed by atoms with Crippen molar-refractivity contribution in [3.63, 3.8) is 0 Å². The van der Waals surface area contributed by atoms with Crippen LogP contribution in [0.4, 0.5) is 0 Å². The van der Waals surface area contributed by atoms with Crippen LogP contribution in [-0.4, -0.2) is 41.4 Å². The van der Waals surface area contributed by atoms with E-state index in [1.165, 1.54) is 16.7 Å². The summed E-state index contributed by atoms with van der Waals surface area (Å²) < 4.78 is 0. The number of rotatable bonds is 4. The highest BCUT2D eigenvalue weighted by atomic mass is 35.5. The van der Waals surface area contributed by atoms with E-state index in [1.807, 2.05) is 19.1 Å². The number of likely N-dealkylation sites (N-methyl/N-ethyl adjacent to an activating group) is 1. The lowest BCUT2D eigenvalue weighted by Crippen LogP contribution is -2.38. The summed E-state index contributed by atoms with van der Waals surface area (Å²) in [6, 6.07) is 11.7. The lowest BCUT2D eigenvalue weighted by Gasteiger charge is -2.37. The Morgan fingerprint density at radius 1 is 1.14 bits per heavy atom. The summed E-state index contributed by atoms with van der Waals surface area (Å²) in [5.74, 6) is 0.409. The third-order valence-corrected chi connectivity index (χ3v) is 6.69. The second-order valence-electron chi connectivity index (χ2n) is 8.21. The molecule has 1 fully saturated rings. The standard InChI is InChI=1S/C24H27NO3.ClH/c1-4-25-10-9-18-22(13-25)20-12-19(15(3)26)14(2)11-21(20)23(18)16-5-7-17(8-6-16)24(27)28;/h5-8,11-12,18,22-23H,4,9-10,13H2,1-3H3,(H,27,28);1H/t18-,22+,23+;/m1./s1. The zero-order valence-electron chi connectivity index (χ0n) is 17.1. The van der Waals surface area contributed by atoms with Crippen LogP contribution in [0.25, 0.3) is 0 Å². The van der Waals surface area contributed by atoms with Crippen LogP contribution in [0.2, 0.25) is 0 Å². The van der Waals surface area contributed by atoms with Gasteiger partial charge in [0.1, 0.15) is 0 Å². The van der Waals surface area contributed by atoms with Crippen LogP contribution in [0.5, 0.6) is 0 Å². The number of carbonyl (C=O) groups is 2. The molecule has 29 heavy (non-hydrogen) atoms. The van der Waals surface area contributed by atoms with Gasteiger partial charge in [-0.05, 0) is 79.7 Å². The maximum Gasteiger partial charge on any atom is 0.335 e. The molecule has 0 aromatic heterocycles. The predicted octanol–water partition coefficient (Wildman–Crippen LogP) is 4.89. The van der Waals surface area contributed by atoms with Gasteiger partial charge in [-0.15, -0.1) is 12.4 Å². The van der Waals surface area contributed by atoms with Crippen LogP contribution in [0, 0.1) is 12.8 Å². The number of fused-ring (bicyclic) bond motifs is 3. The normalized spacial score (nSPS) is 23.1. The molecule has 1 N–H and O–H groups in total. The number of hydrogen-bond donors (Lipinski definition) is 1. The topological polar surface area (TPSA) is 57.6 Å². The number of benzene rings is 2. The van der Waals surface area contributed by atoms with Crippen molar-refractivity contribution < 1.29 is 14.7 Å². The number of Topliss-reactive ketones (excluding diaryl/α,β-unsaturated/α-hetero) is 1. The van der Waals surface area contributed by atoms with E-state index < -0.39 is 5.97 Å². The highest BCUT2D eigenvalue weighted by Crippen LogP contribution is 2.53. The number of nitrogens with zero attached hydrogens (tertiary/aromatic N) is 1. The average molecular weight is 414 g/mol. The van der Waals surface area contributed by atoms with Gasteiger partial charge in [0, 0.05) is 23.9 Å². The van der Waals surface area contributed by atoms with Gasteiger partial charge in [-0.25, -0.2) is 4.79 Å². The lowest BCUT2D eigenvalue weighted by atomic mass is 9.78. The Kier molecular flexibility index (Phi) is 6.16. The Labute approximate surface area is 178 Å². The zero-order valence-corrected chi connectivity index (χ0v) is 18.0. The van der Waals surface area contributed by atoms with E-state index in [2.05, 4.69) is 24.0 Å². The number of carbonyl (C=O) groups excluding carboxylic acids is 1. The SMILES string of the molecule is CCN1CC[C@H]2[C@H](c3ccc(C(=O)O)cc3)c3cc(C)c(C(C)=O)cc3[C@H]2C1.Cl. The van der Waals surface area contributed by atoms with Crippen molar-refractivity contribution in [1.82, 2.24) is 4.90 Å². The van der Waals surface area contributed by atoms with Crippen LogP contribution < -0.4 is 0 Å². The van der Waals surface area contributed by atoms with Gasteiger partial charge in [-0.1, -0.05) is 25.1 Å². The van der Waals surface area contributed by atoms with E-state index in [4.69, 9.17) is 0 Å². The van der Waals surface area contributed by atoms with Crippen LogP contribution >= 0.6 is 12.4 Å². The number of carboxylic acid groups (broad SMARTS) is 1. The summed E-state index contributed by atoms with van der Waals surface area (Å²) >= 11 is 0. The Morgan fingerprint density at radius 3 is 2.41 bits per heavy atom. The highest BCUT2D eigenvalue weighted by Gasteiger charge is 2.44. The van der Waals surface area contributed by atoms with Gasteiger partial charge < -0.3 is 10.0 Å². The molecule has 1 heterocycles. The van der Waals surface area contributed by atoms with E-state index in [0.29, 0.717) is 17.4 Å². The maximum atomic E-state index is 12.1. The summed E-state index contributed by atoms with van der Waals surface area (Å²) in [4.78, 5) is 25.9. The molecule has 0 amide bonds. The van der Waals surface area contributed by atoms with E-state index >= 15 is 0 Å². The van der Waals surface area contributed by atoms with E-state index in [1.54, 1.807) is 19.1 Å². The minimum absolute atomic E-state index is 0. The van der Waals surface area contributed by atoms with Crippen molar-refractivity contribution in [1.29, 1.82) is 0 Å². The van der Waals surface area contributed by atoms with Gasteiger partial charge in [0.2, 0.25) is 0 Å². The number of carboxylic acids is 1. The van der Waals surface area contributed by atoms with Crippen molar-refractivity contribution in [3.05, 3.63) is 69.8 Å². The molecular formula is C24H28ClNO3. The summed E-state index contributed by atoms with van der Waals surface area (Å²) in [6.45, 7) is 9.02. The Bertz CT molecular complexity index is 938. The molecule has 3 atom stereocenters. The highest BCUT2D eigenvalue weighted by molar-refractivity contribution is 5.96. The van der Waals surface area contributed by atoms with Crippen molar-refractivity contribution in [2.24, 2.45) is 5.92 Å². The number of likely N-dealkylation sites (tertiary alicyclic amines) is 1. The smallest absolute Gasteiger partial charge is 0.335 e. The number of aryl methyl sites for hydroxylation is 1. The predicted molar refractivity (Wildman–Crippen MR) is 117 cm³/mol. The minimum Gasteiger partial charge on any atom is -0.478 e. The first-order chi connectivity index (χ1) is 13.4. The van der Waals surface area contributed by atoms with Crippen molar-refractivity contribution >= 4 is 24.2 Å². The molecule has 4 rings (SSSR count). The van der Waals surface area contributed by atoms with Crippen molar-refractivity contribution in [2.45, 2.75) is 39.0 Å². The molecule has 5 heteroatoms. The van der Waals surface area contributed by atoms with E-state index in [-0.39, 0.29) is 24.1 Å². The quantitative estimate of drug-likeness (QED) is 0.725. The largest absolute Gasteiger partial charge is 0.478 e. The van der Waals surface area contributed by atoms with E-state index in [0.717, 1.165) is 37.2 Å². The van der Waals surface area contributed by atoms with Gasteiger partial charge in [0.05, 0.1) is 5.56 Å². The van der Waals surface area contributed by atoms with Crippen LogP contribution in [-0.2, 0) is 0 Å². The van der Waals surface area contributed by atoms with Gasteiger partial charge in [-0.2, -0.15) is 0 Å². The number of ketones is 1. The third-order valence-electron chi connectivity index (χ3n) is 6.69. The monoisotopic (exact) mass is 413 g/mol. The Hall–Kier alpha value is -2.17. The average Bonchev–Trinajstić information content (AvgIpc) is 2.99. The molecule has 2 aromatic carbocycles. The number of aromatic carboxylic acids is 1. The minimum atomic E-state index is -0.894. The van der Waals surface area contributed by atoms with Crippen LogP contribution in [0.15, 0.2) is 36.4 Å². The molecule has 2 aliphatic rings. The van der Waals surface area contributed by atoms with Gasteiger partial charge in [0.25, 0.3) is 0 Å². The second kappa shape index (κ2) is 8.29. The molecule has 0 unspecified atom stereocenters.